The number of nitrogens with zero attached hydrogens (tertiary/aromatic N) is 1. The maximum atomic E-state index is 13.1. The number of fused-ring (bicyclic) bond motifs is 4. The molecule has 5 rings (SSSR count). The number of rotatable bonds is 3. The number of hydrogen-bond donors (Lipinski definition) is 0. The Balaban J connectivity index is 1.88. The lowest BCUT2D eigenvalue weighted by Gasteiger charge is -2.39. The molecule has 0 aliphatic heterocycles. The van der Waals surface area contributed by atoms with Gasteiger partial charge in [0.15, 0.2) is 5.78 Å². The van der Waals surface area contributed by atoms with Gasteiger partial charge in [-0.1, -0.05) is 72.3 Å². The second-order valence-electron chi connectivity index (χ2n) is 8.03. The van der Waals surface area contributed by atoms with Gasteiger partial charge in [-0.3, -0.25) is 4.79 Å². The molecular weight excluding hydrogens is 406 g/mol. The van der Waals surface area contributed by atoms with Crippen LogP contribution in [0.3, 0.4) is 0 Å². The quantitative estimate of drug-likeness (QED) is 0.600. The maximum absolute atomic E-state index is 13.1. The highest BCUT2D eigenvalue weighted by molar-refractivity contribution is 7.92. The van der Waals surface area contributed by atoms with Gasteiger partial charge in [0, 0.05) is 5.56 Å². The topological polar surface area (TPSA) is 54.5 Å². The van der Waals surface area contributed by atoms with Crippen molar-refractivity contribution in [2.75, 3.05) is 10.6 Å². The van der Waals surface area contributed by atoms with Gasteiger partial charge in [-0.25, -0.2) is 12.7 Å². The van der Waals surface area contributed by atoms with E-state index in [1.54, 1.807) is 18.2 Å². The van der Waals surface area contributed by atoms with Gasteiger partial charge in [0.2, 0.25) is 10.0 Å². The number of anilines is 1. The molecule has 0 saturated carbocycles. The number of allylic oxidation sites excluding steroid dienone is 2. The molecule has 0 amide bonds. The molecular formula is C26H21NO3S. The van der Waals surface area contributed by atoms with Crippen LogP contribution in [0.4, 0.5) is 5.69 Å². The summed E-state index contributed by atoms with van der Waals surface area (Å²) in [7, 11) is -3.67. The molecule has 0 saturated heterocycles. The molecule has 4 nitrogen and oxygen atoms in total. The second-order valence-corrected chi connectivity index (χ2v) is 9.87. The number of sulfonamides is 1. The fraction of sp³-hybridized carbons (Fsp3) is 0.115. The van der Waals surface area contributed by atoms with Gasteiger partial charge >= 0.3 is 0 Å². The Bertz CT molecular complexity index is 1390. The minimum Gasteiger partial charge on any atom is -0.289 e. The van der Waals surface area contributed by atoms with Gasteiger partial charge in [0.25, 0.3) is 0 Å². The maximum Gasteiger partial charge on any atom is 0.236 e. The van der Waals surface area contributed by atoms with E-state index < -0.39 is 15.4 Å². The third kappa shape index (κ3) is 2.88. The van der Waals surface area contributed by atoms with Crippen LogP contribution in [-0.2, 0) is 15.4 Å². The van der Waals surface area contributed by atoms with Crippen molar-refractivity contribution in [1.82, 2.24) is 0 Å². The molecule has 3 aromatic rings. The van der Waals surface area contributed by atoms with Crippen LogP contribution in [0.2, 0.25) is 0 Å². The number of carbonyl (C=O) groups is 1. The van der Waals surface area contributed by atoms with E-state index in [1.807, 2.05) is 73.7 Å². The molecule has 2 aliphatic rings. The summed E-state index contributed by atoms with van der Waals surface area (Å²) in [5.74, 6) is -0.0766. The zero-order chi connectivity index (χ0) is 21.8. The van der Waals surface area contributed by atoms with Crippen LogP contribution in [0.1, 0.15) is 32.6 Å². The van der Waals surface area contributed by atoms with Crippen molar-refractivity contribution in [1.29, 1.82) is 0 Å². The molecule has 1 spiro atoms. The average molecular weight is 428 g/mol. The van der Waals surface area contributed by atoms with Crippen molar-refractivity contribution >= 4 is 27.6 Å². The monoisotopic (exact) mass is 427 g/mol. The smallest absolute Gasteiger partial charge is 0.236 e. The molecule has 0 unspecified atom stereocenters. The van der Waals surface area contributed by atoms with Crippen molar-refractivity contribution in [3.05, 3.63) is 118 Å². The molecule has 0 heterocycles. The van der Waals surface area contributed by atoms with Crippen LogP contribution in [0.25, 0.3) is 6.08 Å². The molecule has 0 aromatic heterocycles. The summed E-state index contributed by atoms with van der Waals surface area (Å²) in [5, 5.41) is 0. The molecule has 0 radical (unpaired) electrons. The molecule has 3 aromatic carbocycles. The number of benzene rings is 3. The van der Waals surface area contributed by atoms with Crippen LogP contribution < -0.4 is 4.31 Å². The summed E-state index contributed by atoms with van der Waals surface area (Å²) < 4.78 is 27.7. The predicted molar refractivity (Wildman–Crippen MR) is 124 cm³/mol. The Morgan fingerprint density at radius 2 is 1.58 bits per heavy atom. The fourth-order valence-corrected chi connectivity index (χ4v) is 5.77. The first-order valence-electron chi connectivity index (χ1n) is 10.0. The summed E-state index contributed by atoms with van der Waals surface area (Å²) in [6, 6.07) is 22.6. The van der Waals surface area contributed by atoms with Crippen LogP contribution in [0.5, 0.6) is 0 Å². The highest BCUT2D eigenvalue weighted by Gasteiger charge is 2.49. The fourth-order valence-electron chi connectivity index (χ4n) is 4.71. The second kappa shape index (κ2) is 6.79. The van der Waals surface area contributed by atoms with E-state index in [0.717, 1.165) is 22.3 Å². The molecule has 1 atom stereocenters. The summed E-state index contributed by atoms with van der Waals surface area (Å²) in [4.78, 5) is 12.7. The molecule has 5 heteroatoms. The molecule has 0 bridgehead atoms. The minimum absolute atomic E-state index is 0.0766. The summed E-state index contributed by atoms with van der Waals surface area (Å²) in [5.41, 5.74) is 4.64. The number of para-hydroxylation sites is 1. The highest BCUT2D eigenvalue weighted by atomic mass is 32.2. The lowest BCUT2D eigenvalue weighted by Crippen LogP contribution is -2.41. The van der Waals surface area contributed by atoms with Crippen molar-refractivity contribution in [2.24, 2.45) is 0 Å². The van der Waals surface area contributed by atoms with Crippen molar-refractivity contribution in [3.63, 3.8) is 0 Å². The van der Waals surface area contributed by atoms with E-state index in [2.05, 4.69) is 6.07 Å². The third-order valence-electron chi connectivity index (χ3n) is 5.97. The van der Waals surface area contributed by atoms with Gasteiger partial charge < -0.3 is 0 Å². The van der Waals surface area contributed by atoms with Gasteiger partial charge in [0.1, 0.15) is 0 Å². The molecule has 154 valence electrons. The van der Waals surface area contributed by atoms with Crippen LogP contribution in [0, 0.1) is 6.92 Å². The Hall–Kier alpha value is -3.44. The Kier molecular flexibility index (Phi) is 4.27. The van der Waals surface area contributed by atoms with Crippen LogP contribution in [0.15, 0.2) is 90.6 Å². The molecule has 0 N–H and O–H groups in total. The Morgan fingerprint density at radius 3 is 2.32 bits per heavy atom. The predicted octanol–water partition coefficient (Wildman–Crippen LogP) is 4.85. The van der Waals surface area contributed by atoms with Gasteiger partial charge in [-0.15, -0.1) is 0 Å². The van der Waals surface area contributed by atoms with E-state index in [1.165, 1.54) is 10.6 Å². The zero-order valence-electron chi connectivity index (χ0n) is 17.2. The first-order chi connectivity index (χ1) is 14.8. The van der Waals surface area contributed by atoms with Gasteiger partial charge in [0.05, 0.1) is 23.1 Å². The highest BCUT2D eigenvalue weighted by Crippen LogP contribution is 2.53. The number of hydrogen-bond acceptors (Lipinski definition) is 3. The molecule has 31 heavy (non-hydrogen) atoms. The summed E-state index contributed by atoms with van der Waals surface area (Å²) >= 11 is 0. The zero-order valence-corrected chi connectivity index (χ0v) is 18.1. The number of carbonyl (C=O) groups excluding carboxylic acids is 1. The largest absolute Gasteiger partial charge is 0.289 e. The van der Waals surface area contributed by atoms with Gasteiger partial charge in [-0.2, -0.15) is 0 Å². The average Bonchev–Trinajstić information content (AvgIpc) is 3.05. The van der Waals surface area contributed by atoms with E-state index in [9.17, 15) is 13.2 Å². The van der Waals surface area contributed by atoms with E-state index in [-0.39, 0.29) is 5.78 Å². The first kappa shape index (κ1) is 19.5. The standard InChI is InChI=1S/C26H21NO3S/c1-18-12-13-19-17-25(27(31(2,29)30)20-8-4-3-5-9-20)26(23(19)16-18)15-14-24(28)21-10-6-7-11-22(21)26/h3-17H,1-2H3/t26-/m1/s1. The van der Waals surface area contributed by atoms with Crippen molar-refractivity contribution in [3.8, 4) is 0 Å². The third-order valence-corrected chi connectivity index (χ3v) is 7.04. The van der Waals surface area contributed by atoms with E-state index in [4.69, 9.17) is 0 Å². The van der Waals surface area contributed by atoms with Crippen LogP contribution in [-0.4, -0.2) is 20.5 Å². The van der Waals surface area contributed by atoms with E-state index >= 15 is 0 Å². The SMILES string of the molecule is Cc1ccc2c(c1)[C@]1(C=CC(=O)c3ccccc31)C(N(c1ccccc1)S(C)(=O)=O)=C2. The number of aryl methyl sites for hydroxylation is 1. The normalized spacial score (nSPS) is 19.2. The van der Waals surface area contributed by atoms with Crippen molar-refractivity contribution in [2.45, 2.75) is 12.3 Å². The summed E-state index contributed by atoms with van der Waals surface area (Å²) in [6.07, 6.45) is 6.57. The lowest BCUT2D eigenvalue weighted by molar-refractivity contribution is 0.104. The lowest BCUT2D eigenvalue weighted by atomic mass is 9.69. The minimum atomic E-state index is -3.67. The first-order valence-corrected chi connectivity index (χ1v) is 11.9. The molecule has 0 fully saturated rings. The summed E-state index contributed by atoms with van der Waals surface area (Å²) in [6.45, 7) is 2.01. The van der Waals surface area contributed by atoms with Crippen molar-refractivity contribution < 1.29 is 13.2 Å². The Morgan fingerprint density at radius 1 is 0.871 bits per heavy atom. The molecule has 2 aliphatic carbocycles. The number of ketones is 1. The van der Waals surface area contributed by atoms with E-state index in [0.29, 0.717) is 16.9 Å². The Labute approximate surface area is 182 Å². The van der Waals surface area contributed by atoms with Gasteiger partial charge in [-0.05, 0) is 47.9 Å². The van der Waals surface area contributed by atoms with Crippen LogP contribution >= 0.6 is 0 Å².